The van der Waals surface area contributed by atoms with Crippen molar-refractivity contribution in [1.29, 1.82) is 0 Å². The predicted molar refractivity (Wildman–Crippen MR) is 60.2 cm³/mol. The third-order valence-corrected chi connectivity index (χ3v) is 2.64. The topological polar surface area (TPSA) is 53.7 Å². The van der Waals surface area contributed by atoms with E-state index in [4.69, 9.17) is 19.9 Å². The highest BCUT2D eigenvalue weighted by Gasteiger charge is 2.26. The maximum atomic E-state index is 5.72. The largest absolute Gasteiger partial charge is 0.497 e. The van der Waals surface area contributed by atoms with Gasteiger partial charge in [0.05, 0.1) is 13.7 Å². The molecular formula is C12H17NO3. The van der Waals surface area contributed by atoms with E-state index in [1.165, 1.54) is 0 Å². The summed E-state index contributed by atoms with van der Waals surface area (Å²) in [5, 5.41) is 0. The lowest BCUT2D eigenvalue weighted by Gasteiger charge is -2.11. The lowest BCUT2D eigenvalue weighted by molar-refractivity contribution is -0.0606. The first kappa shape index (κ1) is 11.4. The molecule has 2 unspecified atom stereocenters. The van der Waals surface area contributed by atoms with Crippen molar-refractivity contribution in [3.8, 4) is 5.75 Å². The minimum absolute atomic E-state index is 0.0162. The quantitative estimate of drug-likeness (QED) is 0.839. The minimum atomic E-state index is -0.155. The maximum absolute atomic E-state index is 5.72. The van der Waals surface area contributed by atoms with Crippen LogP contribution >= 0.6 is 0 Å². The van der Waals surface area contributed by atoms with Crippen LogP contribution in [0.3, 0.4) is 0 Å². The van der Waals surface area contributed by atoms with Crippen LogP contribution in [0.1, 0.15) is 18.1 Å². The lowest BCUT2D eigenvalue weighted by atomic mass is 10.1. The first-order valence-corrected chi connectivity index (χ1v) is 5.44. The van der Waals surface area contributed by atoms with Crippen LogP contribution in [-0.2, 0) is 9.47 Å². The molecule has 0 aliphatic carbocycles. The summed E-state index contributed by atoms with van der Waals surface area (Å²) in [6.07, 6.45) is 0.603. The highest BCUT2D eigenvalue weighted by atomic mass is 16.7. The second kappa shape index (κ2) is 5.30. The molecule has 2 rings (SSSR count). The van der Waals surface area contributed by atoms with E-state index in [2.05, 4.69) is 0 Å². The molecule has 1 aliphatic heterocycles. The van der Waals surface area contributed by atoms with Crippen molar-refractivity contribution in [2.24, 2.45) is 5.73 Å². The van der Waals surface area contributed by atoms with Crippen molar-refractivity contribution < 1.29 is 14.2 Å². The molecule has 0 radical (unpaired) electrons. The Kier molecular flexibility index (Phi) is 3.77. The summed E-state index contributed by atoms with van der Waals surface area (Å²) >= 11 is 0. The van der Waals surface area contributed by atoms with Gasteiger partial charge in [-0.15, -0.1) is 0 Å². The second-order valence-electron chi connectivity index (χ2n) is 3.74. The van der Waals surface area contributed by atoms with Crippen molar-refractivity contribution in [2.45, 2.75) is 18.8 Å². The third kappa shape index (κ3) is 2.52. The molecule has 1 saturated heterocycles. The number of rotatable bonds is 4. The van der Waals surface area contributed by atoms with Crippen LogP contribution in [0.2, 0.25) is 0 Å². The van der Waals surface area contributed by atoms with Crippen molar-refractivity contribution in [3.05, 3.63) is 29.8 Å². The van der Waals surface area contributed by atoms with Gasteiger partial charge in [0.15, 0.2) is 6.29 Å². The molecule has 0 saturated carbocycles. The molecule has 1 aromatic rings. The first-order valence-electron chi connectivity index (χ1n) is 5.44. The van der Waals surface area contributed by atoms with Crippen LogP contribution < -0.4 is 10.5 Å². The molecule has 4 nitrogen and oxygen atoms in total. The average Bonchev–Trinajstić information content (AvgIpc) is 2.78. The molecule has 2 atom stereocenters. The summed E-state index contributed by atoms with van der Waals surface area (Å²) in [6, 6.07) is 7.85. The Morgan fingerprint density at radius 1 is 1.38 bits per heavy atom. The molecule has 2 N–H and O–H groups in total. The maximum Gasteiger partial charge on any atom is 0.159 e. The van der Waals surface area contributed by atoms with E-state index in [9.17, 15) is 0 Å². The summed E-state index contributed by atoms with van der Waals surface area (Å²) in [5.41, 5.74) is 6.57. The average molecular weight is 223 g/mol. The molecular weight excluding hydrogens is 206 g/mol. The molecule has 1 heterocycles. The Morgan fingerprint density at radius 3 is 2.75 bits per heavy atom. The lowest BCUT2D eigenvalue weighted by Crippen LogP contribution is -2.14. The van der Waals surface area contributed by atoms with E-state index in [1.807, 2.05) is 24.3 Å². The molecule has 0 aromatic heterocycles. The Labute approximate surface area is 95.3 Å². The first-order chi connectivity index (χ1) is 7.83. The summed E-state index contributed by atoms with van der Waals surface area (Å²) < 4.78 is 16.3. The zero-order valence-corrected chi connectivity index (χ0v) is 9.39. The van der Waals surface area contributed by atoms with E-state index in [0.29, 0.717) is 13.2 Å². The minimum Gasteiger partial charge on any atom is -0.497 e. The SMILES string of the molecule is COc1ccc(C2COC(CCN)O2)cc1. The van der Waals surface area contributed by atoms with E-state index in [1.54, 1.807) is 7.11 Å². The van der Waals surface area contributed by atoms with E-state index >= 15 is 0 Å². The third-order valence-electron chi connectivity index (χ3n) is 2.64. The zero-order valence-electron chi connectivity index (χ0n) is 9.39. The number of hydrogen-bond donors (Lipinski definition) is 1. The highest BCUT2D eigenvalue weighted by molar-refractivity contribution is 5.28. The van der Waals surface area contributed by atoms with Crippen molar-refractivity contribution >= 4 is 0 Å². The fraction of sp³-hybridized carbons (Fsp3) is 0.500. The molecule has 4 heteroatoms. The van der Waals surface area contributed by atoms with Gasteiger partial charge < -0.3 is 19.9 Å². The van der Waals surface area contributed by atoms with Gasteiger partial charge in [-0.3, -0.25) is 0 Å². The summed E-state index contributed by atoms with van der Waals surface area (Å²) in [5.74, 6) is 0.848. The highest BCUT2D eigenvalue weighted by Crippen LogP contribution is 2.28. The van der Waals surface area contributed by atoms with Crippen LogP contribution in [0, 0.1) is 0 Å². The van der Waals surface area contributed by atoms with Crippen LogP contribution in [0.15, 0.2) is 24.3 Å². The smallest absolute Gasteiger partial charge is 0.159 e. The van der Waals surface area contributed by atoms with Crippen molar-refractivity contribution in [1.82, 2.24) is 0 Å². The van der Waals surface area contributed by atoms with Gasteiger partial charge in [-0.2, -0.15) is 0 Å². The zero-order chi connectivity index (χ0) is 11.4. The second-order valence-corrected chi connectivity index (χ2v) is 3.74. The van der Waals surface area contributed by atoms with E-state index in [0.717, 1.165) is 17.7 Å². The van der Waals surface area contributed by atoms with Gasteiger partial charge >= 0.3 is 0 Å². The van der Waals surface area contributed by atoms with Gasteiger partial charge in [0, 0.05) is 6.42 Å². The van der Waals surface area contributed by atoms with Gasteiger partial charge in [-0.05, 0) is 24.2 Å². The van der Waals surface area contributed by atoms with Gasteiger partial charge in [0.25, 0.3) is 0 Å². The van der Waals surface area contributed by atoms with Gasteiger partial charge in [-0.25, -0.2) is 0 Å². The van der Waals surface area contributed by atoms with Crippen molar-refractivity contribution in [3.63, 3.8) is 0 Å². The fourth-order valence-corrected chi connectivity index (χ4v) is 1.74. The molecule has 1 fully saturated rings. The molecule has 1 aromatic carbocycles. The normalized spacial score (nSPS) is 24.6. The summed E-state index contributed by atoms with van der Waals surface area (Å²) in [4.78, 5) is 0. The Hall–Kier alpha value is -1.10. The van der Waals surface area contributed by atoms with Gasteiger partial charge in [0.2, 0.25) is 0 Å². The van der Waals surface area contributed by atoms with Gasteiger partial charge in [-0.1, -0.05) is 12.1 Å². The molecule has 1 aliphatic rings. The van der Waals surface area contributed by atoms with Crippen LogP contribution in [0.5, 0.6) is 5.75 Å². The standard InChI is InChI=1S/C12H17NO3/c1-14-10-4-2-9(3-5-10)11-8-15-12(16-11)6-7-13/h2-5,11-12H,6-8,13H2,1H3. The van der Waals surface area contributed by atoms with E-state index < -0.39 is 0 Å². The van der Waals surface area contributed by atoms with Crippen molar-refractivity contribution in [2.75, 3.05) is 20.3 Å². The van der Waals surface area contributed by atoms with Crippen LogP contribution in [0.25, 0.3) is 0 Å². The summed E-state index contributed by atoms with van der Waals surface area (Å²) in [7, 11) is 1.65. The van der Waals surface area contributed by atoms with Crippen LogP contribution in [-0.4, -0.2) is 26.6 Å². The number of benzene rings is 1. The number of nitrogens with two attached hydrogens (primary N) is 1. The van der Waals surface area contributed by atoms with Crippen LogP contribution in [0.4, 0.5) is 0 Å². The molecule has 88 valence electrons. The monoisotopic (exact) mass is 223 g/mol. The number of methoxy groups -OCH3 is 1. The predicted octanol–water partition coefficient (Wildman–Crippen LogP) is 1.46. The van der Waals surface area contributed by atoms with Gasteiger partial charge in [0.1, 0.15) is 11.9 Å². The molecule has 0 spiro atoms. The number of hydrogen-bond acceptors (Lipinski definition) is 4. The fourth-order valence-electron chi connectivity index (χ4n) is 1.74. The van der Waals surface area contributed by atoms with E-state index in [-0.39, 0.29) is 12.4 Å². The Morgan fingerprint density at radius 2 is 2.12 bits per heavy atom. The Balaban J connectivity index is 1.97. The summed E-state index contributed by atoms with van der Waals surface area (Å²) in [6.45, 7) is 1.18. The Bertz CT molecular complexity index is 326. The molecule has 0 bridgehead atoms. The molecule has 0 amide bonds. The molecule has 16 heavy (non-hydrogen) atoms. The number of ether oxygens (including phenoxy) is 3.